The van der Waals surface area contributed by atoms with Gasteiger partial charge in [0.15, 0.2) is 0 Å². The lowest BCUT2D eigenvalue weighted by atomic mass is 10.1. The minimum absolute atomic E-state index is 0.0498. The van der Waals surface area contributed by atoms with Crippen molar-refractivity contribution in [3.63, 3.8) is 0 Å². The highest BCUT2D eigenvalue weighted by atomic mass is 16.4. The Morgan fingerprint density at radius 1 is 1.00 bits per heavy atom. The summed E-state index contributed by atoms with van der Waals surface area (Å²) in [5, 5.41) is 11.3. The molecule has 0 spiro atoms. The Bertz CT molecular complexity index is 975. The number of carbonyl (C=O) groups excluding carboxylic acids is 1. The van der Waals surface area contributed by atoms with Crippen molar-refractivity contribution in [1.82, 2.24) is 20.4 Å². The summed E-state index contributed by atoms with van der Waals surface area (Å²) in [4.78, 5) is 14.9. The van der Waals surface area contributed by atoms with Gasteiger partial charge in [0.2, 0.25) is 11.8 Å². The zero-order chi connectivity index (χ0) is 20.8. The fraction of sp³-hybridized carbons (Fsp3) is 0.375. The van der Waals surface area contributed by atoms with E-state index in [0.29, 0.717) is 23.9 Å². The third kappa shape index (κ3) is 5.13. The number of aryl methyl sites for hydroxylation is 1. The molecule has 0 bridgehead atoms. The molecule has 156 valence electrons. The molecule has 0 radical (unpaired) electrons. The third-order valence-electron chi connectivity index (χ3n) is 5.47. The molecule has 1 saturated heterocycles. The van der Waals surface area contributed by atoms with Gasteiger partial charge in [-0.2, -0.15) is 0 Å². The van der Waals surface area contributed by atoms with Gasteiger partial charge in [-0.05, 0) is 82.2 Å². The molecule has 2 heterocycles. The highest BCUT2D eigenvalue weighted by Crippen LogP contribution is 2.24. The Kier molecular flexibility index (Phi) is 6.54. The molecule has 0 atom stereocenters. The van der Waals surface area contributed by atoms with E-state index in [4.69, 9.17) is 4.42 Å². The lowest BCUT2D eigenvalue weighted by Gasteiger charge is -2.26. The highest BCUT2D eigenvalue weighted by Gasteiger charge is 2.13. The fourth-order valence-corrected chi connectivity index (χ4v) is 3.79. The molecule has 1 N–H and O–H groups in total. The van der Waals surface area contributed by atoms with Gasteiger partial charge in [0.05, 0.1) is 0 Å². The van der Waals surface area contributed by atoms with E-state index in [1.807, 2.05) is 43.3 Å². The summed E-state index contributed by atoms with van der Waals surface area (Å²) in [5.74, 6) is 0.885. The van der Waals surface area contributed by atoms with Crippen molar-refractivity contribution in [3.05, 3.63) is 59.7 Å². The van der Waals surface area contributed by atoms with E-state index in [0.717, 1.165) is 29.7 Å². The third-order valence-corrected chi connectivity index (χ3v) is 5.47. The first kappa shape index (κ1) is 20.3. The maximum atomic E-state index is 12.4. The number of likely N-dealkylation sites (tertiary alicyclic amines) is 1. The molecular formula is C24H28N4O2. The second-order valence-corrected chi connectivity index (χ2v) is 7.87. The minimum atomic E-state index is -0.0498. The minimum Gasteiger partial charge on any atom is -0.416 e. The van der Waals surface area contributed by atoms with Gasteiger partial charge in [0.1, 0.15) is 0 Å². The quantitative estimate of drug-likeness (QED) is 0.594. The number of carbonyl (C=O) groups is 1. The molecular weight excluding hydrogens is 376 g/mol. The molecule has 3 aromatic rings. The van der Waals surface area contributed by atoms with Gasteiger partial charge in [-0.25, -0.2) is 0 Å². The Morgan fingerprint density at radius 2 is 1.73 bits per heavy atom. The molecule has 2 aromatic carbocycles. The van der Waals surface area contributed by atoms with Gasteiger partial charge >= 0.3 is 0 Å². The number of benzene rings is 2. The fourth-order valence-electron chi connectivity index (χ4n) is 3.79. The molecule has 0 saturated carbocycles. The van der Waals surface area contributed by atoms with Crippen LogP contribution in [0.5, 0.6) is 0 Å². The van der Waals surface area contributed by atoms with Gasteiger partial charge < -0.3 is 14.6 Å². The smallest absolute Gasteiger partial charge is 0.251 e. The van der Waals surface area contributed by atoms with Gasteiger partial charge in [-0.1, -0.05) is 24.1 Å². The molecule has 4 rings (SSSR count). The first-order valence-corrected chi connectivity index (χ1v) is 10.7. The van der Waals surface area contributed by atoms with Crippen LogP contribution in [0.15, 0.2) is 52.9 Å². The van der Waals surface area contributed by atoms with E-state index >= 15 is 0 Å². The van der Waals surface area contributed by atoms with Crippen LogP contribution in [0.3, 0.4) is 0 Å². The van der Waals surface area contributed by atoms with E-state index in [1.54, 1.807) is 12.1 Å². The maximum absolute atomic E-state index is 12.4. The molecule has 30 heavy (non-hydrogen) atoms. The first-order valence-electron chi connectivity index (χ1n) is 10.7. The number of rotatable bonds is 7. The van der Waals surface area contributed by atoms with Gasteiger partial charge in [0, 0.05) is 23.2 Å². The standard InChI is InChI=1S/C24H28N4O2/c1-18-7-5-8-21(17-18)24-27-26-23(30-24)20-11-9-19(10-12-20)22(29)25-13-6-16-28-14-3-2-4-15-28/h5,7-12,17H,2-4,6,13-16H2,1H3,(H,25,29). The van der Waals surface area contributed by atoms with Crippen LogP contribution in [0.2, 0.25) is 0 Å². The lowest BCUT2D eigenvalue weighted by Crippen LogP contribution is -2.33. The summed E-state index contributed by atoms with van der Waals surface area (Å²) >= 11 is 0. The Labute approximate surface area is 177 Å². The molecule has 1 fully saturated rings. The SMILES string of the molecule is Cc1cccc(-c2nnc(-c3ccc(C(=O)NCCCN4CCCCC4)cc3)o2)c1. The van der Waals surface area contributed by atoms with Crippen molar-refractivity contribution < 1.29 is 9.21 Å². The van der Waals surface area contributed by atoms with Gasteiger partial charge in [-0.3, -0.25) is 4.79 Å². The Balaban J connectivity index is 1.31. The van der Waals surface area contributed by atoms with Crippen molar-refractivity contribution in [2.75, 3.05) is 26.2 Å². The number of hydrogen-bond acceptors (Lipinski definition) is 5. The Hall–Kier alpha value is -2.99. The van der Waals surface area contributed by atoms with Crippen LogP contribution in [0.1, 0.15) is 41.6 Å². The highest BCUT2D eigenvalue weighted by molar-refractivity contribution is 5.94. The summed E-state index contributed by atoms with van der Waals surface area (Å²) in [6.07, 6.45) is 4.92. The predicted molar refractivity (Wildman–Crippen MR) is 117 cm³/mol. The molecule has 6 nitrogen and oxygen atoms in total. The second-order valence-electron chi connectivity index (χ2n) is 7.87. The van der Waals surface area contributed by atoms with Crippen LogP contribution in [-0.2, 0) is 0 Å². The number of nitrogens with one attached hydrogen (secondary N) is 1. The zero-order valence-electron chi connectivity index (χ0n) is 17.4. The van der Waals surface area contributed by atoms with E-state index in [9.17, 15) is 4.79 Å². The Morgan fingerprint density at radius 3 is 2.47 bits per heavy atom. The predicted octanol–water partition coefficient (Wildman–Crippen LogP) is 4.32. The van der Waals surface area contributed by atoms with Crippen LogP contribution < -0.4 is 5.32 Å². The van der Waals surface area contributed by atoms with Gasteiger partial charge in [0.25, 0.3) is 5.91 Å². The average molecular weight is 405 g/mol. The average Bonchev–Trinajstić information content (AvgIpc) is 3.28. The van der Waals surface area contributed by atoms with Crippen molar-refractivity contribution in [3.8, 4) is 22.9 Å². The summed E-state index contributed by atoms with van der Waals surface area (Å²) in [6, 6.07) is 15.2. The summed E-state index contributed by atoms with van der Waals surface area (Å²) in [5.41, 5.74) is 3.46. The summed E-state index contributed by atoms with van der Waals surface area (Å²) in [7, 11) is 0. The summed E-state index contributed by atoms with van der Waals surface area (Å²) < 4.78 is 5.82. The lowest BCUT2D eigenvalue weighted by molar-refractivity contribution is 0.0951. The number of aromatic nitrogens is 2. The summed E-state index contributed by atoms with van der Waals surface area (Å²) in [6.45, 7) is 6.16. The molecule has 0 unspecified atom stereocenters. The number of piperidine rings is 1. The van der Waals surface area contributed by atoms with Crippen LogP contribution in [0.25, 0.3) is 22.9 Å². The maximum Gasteiger partial charge on any atom is 0.251 e. The van der Waals surface area contributed by atoms with Crippen molar-refractivity contribution in [1.29, 1.82) is 0 Å². The van der Waals surface area contributed by atoms with E-state index in [1.165, 1.54) is 32.4 Å². The largest absolute Gasteiger partial charge is 0.416 e. The molecule has 6 heteroatoms. The van der Waals surface area contributed by atoms with Crippen molar-refractivity contribution in [2.45, 2.75) is 32.6 Å². The molecule has 0 aliphatic carbocycles. The first-order chi connectivity index (χ1) is 14.7. The number of hydrogen-bond donors (Lipinski definition) is 1. The van der Waals surface area contributed by atoms with Crippen LogP contribution in [0.4, 0.5) is 0 Å². The van der Waals surface area contributed by atoms with E-state index < -0.39 is 0 Å². The topological polar surface area (TPSA) is 71.3 Å². The molecule has 1 aliphatic heterocycles. The van der Waals surface area contributed by atoms with Crippen molar-refractivity contribution in [2.24, 2.45) is 0 Å². The van der Waals surface area contributed by atoms with Gasteiger partial charge in [-0.15, -0.1) is 10.2 Å². The normalized spacial score (nSPS) is 14.6. The molecule has 1 aromatic heterocycles. The number of nitrogens with zero attached hydrogens (tertiary/aromatic N) is 3. The van der Waals surface area contributed by atoms with Crippen LogP contribution in [0, 0.1) is 6.92 Å². The van der Waals surface area contributed by atoms with E-state index in [2.05, 4.69) is 20.4 Å². The second kappa shape index (κ2) is 9.67. The monoisotopic (exact) mass is 404 g/mol. The van der Waals surface area contributed by atoms with Crippen LogP contribution in [-0.4, -0.2) is 47.2 Å². The van der Waals surface area contributed by atoms with E-state index in [-0.39, 0.29) is 5.91 Å². The molecule has 1 amide bonds. The van der Waals surface area contributed by atoms with Crippen molar-refractivity contribution >= 4 is 5.91 Å². The number of amides is 1. The van der Waals surface area contributed by atoms with Crippen LogP contribution >= 0.6 is 0 Å². The molecule has 1 aliphatic rings. The zero-order valence-corrected chi connectivity index (χ0v) is 17.4.